The first-order valence-corrected chi connectivity index (χ1v) is 7.35. The Hall–Kier alpha value is -3.01. The van der Waals surface area contributed by atoms with E-state index in [0.29, 0.717) is 5.76 Å². The van der Waals surface area contributed by atoms with Gasteiger partial charge in [0.05, 0.1) is 0 Å². The van der Waals surface area contributed by atoms with Crippen molar-refractivity contribution in [3.8, 4) is 5.75 Å². The van der Waals surface area contributed by atoms with Gasteiger partial charge in [0.15, 0.2) is 5.76 Å². The summed E-state index contributed by atoms with van der Waals surface area (Å²) in [6.45, 7) is 2.30. The summed E-state index contributed by atoms with van der Waals surface area (Å²) in [5.74, 6) is 1.35. The molecule has 116 valence electrons. The average Bonchev–Trinajstić information content (AvgIpc) is 3.04. The second-order valence-electron chi connectivity index (χ2n) is 5.19. The lowest BCUT2D eigenvalue weighted by Gasteiger charge is -2.04. The van der Waals surface area contributed by atoms with Gasteiger partial charge in [-0.05, 0) is 43.3 Å². The lowest BCUT2D eigenvalue weighted by Crippen LogP contribution is -2.10. The largest absolute Gasteiger partial charge is 0.486 e. The average molecular weight is 307 g/mol. The molecule has 0 aliphatic rings. The maximum absolute atomic E-state index is 12.1. The highest BCUT2D eigenvalue weighted by molar-refractivity contribution is 6.02. The Morgan fingerprint density at radius 3 is 2.48 bits per heavy atom. The number of amides is 1. The van der Waals surface area contributed by atoms with E-state index in [2.05, 4.69) is 5.32 Å². The summed E-state index contributed by atoms with van der Waals surface area (Å²) < 4.78 is 11.2. The molecule has 0 bridgehead atoms. The van der Waals surface area contributed by atoms with E-state index < -0.39 is 0 Å². The molecule has 0 aliphatic heterocycles. The summed E-state index contributed by atoms with van der Waals surface area (Å²) in [5.41, 5.74) is 1.90. The summed E-state index contributed by atoms with van der Waals surface area (Å²) >= 11 is 0. The van der Waals surface area contributed by atoms with Crippen LogP contribution in [0.15, 0.2) is 71.1 Å². The summed E-state index contributed by atoms with van der Waals surface area (Å²) in [7, 11) is 0. The highest BCUT2D eigenvalue weighted by atomic mass is 16.5. The first-order chi connectivity index (χ1) is 11.2. The molecule has 0 radical (unpaired) electrons. The van der Waals surface area contributed by atoms with Gasteiger partial charge in [0, 0.05) is 5.69 Å². The normalized spacial score (nSPS) is 10.3. The van der Waals surface area contributed by atoms with Crippen LogP contribution in [0, 0.1) is 6.92 Å². The zero-order chi connectivity index (χ0) is 16.1. The van der Waals surface area contributed by atoms with E-state index >= 15 is 0 Å². The van der Waals surface area contributed by atoms with Gasteiger partial charge < -0.3 is 14.5 Å². The van der Waals surface area contributed by atoms with E-state index in [9.17, 15) is 4.79 Å². The second kappa shape index (κ2) is 6.83. The number of ether oxygens (including phenoxy) is 1. The molecule has 0 fully saturated rings. The topological polar surface area (TPSA) is 51.5 Å². The summed E-state index contributed by atoms with van der Waals surface area (Å²) in [5, 5.41) is 2.78. The standard InChI is InChI=1S/C19H17NO3/c1-14-7-9-16(10-8-14)22-13-17-11-12-18(23-17)19(21)20-15-5-3-2-4-6-15/h2-12H,13H2,1H3,(H,20,21). The molecular formula is C19H17NO3. The Morgan fingerprint density at radius 1 is 1.00 bits per heavy atom. The lowest BCUT2D eigenvalue weighted by atomic mass is 10.2. The van der Waals surface area contributed by atoms with Crippen molar-refractivity contribution < 1.29 is 13.9 Å². The fraction of sp³-hybridized carbons (Fsp3) is 0.105. The van der Waals surface area contributed by atoms with Crippen LogP contribution in [0.1, 0.15) is 21.9 Å². The van der Waals surface area contributed by atoms with E-state index in [4.69, 9.17) is 9.15 Å². The van der Waals surface area contributed by atoms with Crippen molar-refractivity contribution in [1.29, 1.82) is 0 Å². The van der Waals surface area contributed by atoms with Gasteiger partial charge in [0.1, 0.15) is 18.1 Å². The number of para-hydroxylation sites is 1. The van der Waals surface area contributed by atoms with Crippen molar-refractivity contribution in [3.05, 3.63) is 83.8 Å². The highest BCUT2D eigenvalue weighted by Crippen LogP contribution is 2.16. The predicted octanol–water partition coefficient (Wildman–Crippen LogP) is 4.42. The summed E-state index contributed by atoms with van der Waals surface area (Å²) in [6, 6.07) is 20.4. The quantitative estimate of drug-likeness (QED) is 0.759. The zero-order valence-corrected chi connectivity index (χ0v) is 12.8. The Kier molecular flexibility index (Phi) is 4.43. The van der Waals surface area contributed by atoms with E-state index in [1.807, 2.05) is 61.5 Å². The number of carbonyl (C=O) groups is 1. The fourth-order valence-electron chi connectivity index (χ4n) is 2.08. The molecular weight excluding hydrogens is 290 g/mol. The number of aryl methyl sites for hydroxylation is 1. The molecule has 0 saturated heterocycles. The minimum atomic E-state index is -0.280. The smallest absolute Gasteiger partial charge is 0.291 e. The van der Waals surface area contributed by atoms with Crippen LogP contribution in [0.25, 0.3) is 0 Å². The molecule has 0 unspecified atom stereocenters. The number of nitrogens with one attached hydrogen (secondary N) is 1. The number of hydrogen-bond donors (Lipinski definition) is 1. The third-order valence-electron chi connectivity index (χ3n) is 3.32. The van der Waals surface area contributed by atoms with Crippen molar-refractivity contribution in [2.24, 2.45) is 0 Å². The van der Waals surface area contributed by atoms with Gasteiger partial charge in [-0.1, -0.05) is 35.9 Å². The molecule has 3 rings (SSSR count). The minimum absolute atomic E-state index is 0.261. The van der Waals surface area contributed by atoms with Gasteiger partial charge in [0.2, 0.25) is 0 Å². The molecule has 1 aromatic heterocycles. The van der Waals surface area contributed by atoms with E-state index in [1.54, 1.807) is 12.1 Å². The molecule has 23 heavy (non-hydrogen) atoms. The summed E-state index contributed by atoms with van der Waals surface area (Å²) in [6.07, 6.45) is 0. The fourth-order valence-corrected chi connectivity index (χ4v) is 2.08. The second-order valence-corrected chi connectivity index (χ2v) is 5.19. The maximum Gasteiger partial charge on any atom is 0.291 e. The molecule has 4 heteroatoms. The molecule has 1 amide bonds. The number of rotatable bonds is 5. The molecule has 0 saturated carbocycles. The Bertz CT molecular complexity index is 776. The van der Waals surface area contributed by atoms with Gasteiger partial charge in [-0.25, -0.2) is 0 Å². The molecule has 0 atom stereocenters. The van der Waals surface area contributed by atoms with Crippen LogP contribution in [0.3, 0.4) is 0 Å². The van der Waals surface area contributed by atoms with Crippen LogP contribution in [0.4, 0.5) is 5.69 Å². The van der Waals surface area contributed by atoms with Crippen molar-refractivity contribution in [2.75, 3.05) is 5.32 Å². The van der Waals surface area contributed by atoms with Gasteiger partial charge in [-0.15, -0.1) is 0 Å². The Morgan fingerprint density at radius 2 is 1.74 bits per heavy atom. The van der Waals surface area contributed by atoms with Crippen LogP contribution in [0.5, 0.6) is 5.75 Å². The Balaban J connectivity index is 1.59. The van der Waals surface area contributed by atoms with E-state index in [0.717, 1.165) is 11.4 Å². The van der Waals surface area contributed by atoms with Gasteiger partial charge in [0.25, 0.3) is 5.91 Å². The van der Waals surface area contributed by atoms with E-state index in [-0.39, 0.29) is 18.3 Å². The molecule has 1 N–H and O–H groups in total. The third-order valence-corrected chi connectivity index (χ3v) is 3.32. The van der Waals surface area contributed by atoms with Crippen LogP contribution in [-0.4, -0.2) is 5.91 Å². The number of furan rings is 1. The van der Waals surface area contributed by atoms with Gasteiger partial charge in [-0.3, -0.25) is 4.79 Å². The highest BCUT2D eigenvalue weighted by Gasteiger charge is 2.11. The summed E-state index contributed by atoms with van der Waals surface area (Å²) in [4.78, 5) is 12.1. The lowest BCUT2D eigenvalue weighted by molar-refractivity contribution is 0.0992. The van der Waals surface area contributed by atoms with Crippen LogP contribution >= 0.6 is 0 Å². The minimum Gasteiger partial charge on any atom is -0.486 e. The van der Waals surface area contributed by atoms with Crippen LogP contribution in [-0.2, 0) is 6.61 Å². The number of benzene rings is 2. The van der Waals surface area contributed by atoms with Crippen LogP contribution < -0.4 is 10.1 Å². The molecule has 4 nitrogen and oxygen atoms in total. The maximum atomic E-state index is 12.1. The Labute approximate surface area is 134 Å². The predicted molar refractivity (Wildman–Crippen MR) is 88.6 cm³/mol. The van der Waals surface area contributed by atoms with E-state index in [1.165, 1.54) is 5.56 Å². The first kappa shape index (κ1) is 14.9. The molecule has 3 aromatic rings. The third kappa shape index (κ3) is 4.01. The number of carbonyl (C=O) groups excluding carboxylic acids is 1. The van der Waals surface area contributed by atoms with Crippen molar-refractivity contribution in [1.82, 2.24) is 0 Å². The number of anilines is 1. The van der Waals surface area contributed by atoms with Crippen molar-refractivity contribution in [3.63, 3.8) is 0 Å². The molecule has 0 spiro atoms. The zero-order valence-electron chi connectivity index (χ0n) is 12.8. The molecule has 2 aromatic carbocycles. The van der Waals surface area contributed by atoms with Gasteiger partial charge >= 0.3 is 0 Å². The molecule has 0 aliphatic carbocycles. The van der Waals surface area contributed by atoms with Crippen LogP contribution in [0.2, 0.25) is 0 Å². The van der Waals surface area contributed by atoms with Crippen molar-refractivity contribution >= 4 is 11.6 Å². The first-order valence-electron chi connectivity index (χ1n) is 7.35. The SMILES string of the molecule is Cc1ccc(OCc2ccc(C(=O)Nc3ccccc3)o2)cc1. The molecule has 1 heterocycles. The number of hydrogen-bond acceptors (Lipinski definition) is 3. The van der Waals surface area contributed by atoms with Crippen molar-refractivity contribution in [2.45, 2.75) is 13.5 Å². The monoisotopic (exact) mass is 307 g/mol. The van der Waals surface area contributed by atoms with Gasteiger partial charge in [-0.2, -0.15) is 0 Å².